The van der Waals surface area contributed by atoms with Gasteiger partial charge in [0.1, 0.15) is 11.2 Å². The number of hydrogen-bond acceptors (Lipinski definition) is 1. The predicted molar refractivity (Wildman–Crippen MR) is 239 cm³/mol. The Kier molecular flexibility index (Phi) is 6.16. The molecule has 0 saturated carbocycles. The molecule has 3 aromatic heterocycles. The van der Waals surface area contributed by atoms with E-state index in [1.807, 2.05) is 6.07 Å². The van der Waals surface area contributed by atoms with Gasteiger partial charge in [-0.3, -0.25) is 0 Å². The van der Waals surface area contributed by atoms with Gasteiger partial charge in [0.05, 0.1) is 22.1 Å². The van der Waals surface area contributed by atoms with E-state index >= 15 is 0 Å². The maximum atomic E-state index is 6.33. The van der Waals surface area contributed by atoms with E-state index in [4.69, 9.17) is 4.42 Å². The van der Waals surface area contributed by atoms with Crippen LogP contribution in [0.15, 0.2) is 199 Å². The van der Waals surface area contributed by atoms with Crippen molar-refractivity contribution in [3.8, 4) is 33.6 Å². The smallest absolute Gasteiger partial charge is 0.136 e. The first-order chi connectivity index (χ1) is 28.3. The Labute approximate surface area is 327 Å². The quantitative estimate of drug-likeness (QED) is 0.177. The minimum absolute atomic E-state index is 0.904. The van der Waals surface area contributed by atoms with Crippen LogP contribution in [-0.4, -0.2) is 9.13 Å². The van der Waals surface area contributed by atoms with E-state index in [1.54, 1.807) is 0 Å². The molecule has 0 fully saturated rings. The molecule has 10 aromatic carbocycles. The number of furan rings is 1. The average Bonchev–Trinajstić information content (AvgIpc) is 3.94. The second-order valence-electron chi connectivity index (χ2n) is 15.2. The first-order valence-corrected chi connectivity index (χ1v) is 19.6. The van der Waals surface area contributed by atoms with Gasteiger partial charge in [-0.05, 0) is 111 Å². The fourth-order valence-electron chi connectivity index (χ4n) is 9.92. The number of benzene rings is 9. The second-order valence-corrected chi connectivity index (χ2v) is 15.2. The summed E-state index contributed by atoms with van der Waals surface area (Å²) in [5.41, 5.74) is 13.6. The summed E-state index contributed by atoms with van der Waals surface area (Å²) >= 11 is 0. The van der Waals surface area contributed by atoms with E-state index in [9.17, 15) is 0 Å². The highest BCUT2D eigenvalue weighted by atomic mass is 16.3. The Morgan fingerprint density at radius 2 is 0.842 bits per heavy atom. The van der Waals surface area contributed by atoms with E-state index in [1.165, 1.54) is 81.8 Å². The van der Waals surface area contributed by atoms with Crippen LogP contribution in [0.3, 0.4) is 0 Å². The zero-order chi connectivity index (χ0) is 37.2. The maximum absolute atomic E-state index is 6.33. The lowest BCUT2D eigenvalue weighted by Gasteiger charge is -2.12. The van der Waals surface area contributed by atoms with E-state index < -0.39 is 0 Å². The van der Waals surface area contributed by atoms with E-state index in [0.717, 1.165) is 38.9 Å². The highest BCUT2D eigenvalue weighted by molar-refractivity contribution is 6.39. The second kappa shape index (κ2) is 11.5. The van der Waals surface area contributed by atoms with Crippen LogP contribution in [-0.2, 0) is 0 Å². The van der Waals surface area contributed by atoms with Gasteiger partial charge in [0.25, 0.3) is 0 Å². The summed E-state index contributed by atoms with van der Waals surface area (Å²) in [7, 11) is 0. The number of aromatic nitrogens is 2. The van der Waals surface area contributed by atoms with Gasteiger partial charge >= 0.3 is 0 Å². The van der Waals surface area contributed by atoms with Crippen LogP contribution in [0.5, 0.6) is 0 Å². The van der Waals surface area contributed by atoms with Crippen molar-refractivity contribution in [2.24, 2.45) is 0 Å². The highest BCUT2D eigenvalue weighted by Crippen LogP contribution is 2.49. The molecule has 0 unspecified atom stereocenters. The summed E-state index contributed by atoms with van der Waals surface area (Å²) in [6.07, 6.45) is 0. The molecule has 264 valence electrons. The van der Waals surface area contributed by atoms with Crippen molar-refractivity contribution in [1.82, 2.24) is 9.13 Å². The molecular weight excluding hydrogens is 693 g/mol. The Bertz CT molecular complexity index is 3730. The van der Waals surface area contributed by atoms with Crippen LogP contribution < -0.4 is 0 Å². The van der Waals surface area contributed by atoms with Crippen molar-refractivity contribution >= 4 is 87.1 Å². The molecule has 0 aliphatic heterocycles. The van der Waals surface area contributed by atoms with E-state index in [-0.39, 0.29) is 0 Å². The van der Waals surface area contributed by atoms with Crippen LogP contribution in [0.25, 0.3) is 121 Å². The summed E-state index contributed by atoms with van der Waals surface area (Å²) in [6, 6.07) is 70.8. The van der Waals surface area contributed by atoms with Crippen LogP contribution in [0.1, 0.15) is 0 Å². The van der Waals surface area contributed by atoms with Crippen LogP contribution >= 0.6 is 0 Å². The topological polar surface area (TPSA) is 23.0 Å². The number of fused-ring (bicyclic) bond motifs is 6. The summed E-state index contributed by atoms with van der Waals surface area (Å²) in [6.45, 7) is 0. The molecule has 0 saturated heterocycles. The standard InChI is InChI=1S/C54H32N2O/c1-3-14-33(15-4-1)35-31-43-40-21-8-7-20-39(40)41-24-12-25-44-51(41)53-46(29-28-45-54(53)52(43)47(32-35)55(45)36-17-5-2-6-18-36)56(44)37-19-11-16-34(30-37)38-23-13-27-49-50(38)42-22-9-10-26-48(42)57-49/h1-32H. The summed E-state index contributed by atoms with van der Waals surface area (Å²) < 4.78 is 11.3. The van der Waals surface area contributed by atoms with Crippen LogP contribution in [0, 0.1) is 0 Å². The molecule has 0 bridgehead atoms. The molecule has 57 heavy (non-hydrogen) atoms. The predicted octanol–water partition coefficient (Wildman–Crippen LogP) is 14.9. The molecule has 0 N–H and O–H groups in total. The van der Waals surface area contributed by atoms with Crippen molar-refractivity contribution in [2.75, 3.05) is 0 Å². The zero-order valence-corrected chi connectivity index (χ0v) is 30.8. The summed E-state index contributed by atoms with van der Waals surface area (Å²) in [5.74, 6) is 0. The lowest BCUT2D eigenvalue weighted by Crippen LogP contribution is -1.95. The third-order valence-electron chi connectivity index (χ3n) is 12.2. The van der Waals surface area contributed by atoms with Gasteiger partial charge in [-0.2, -0.15) is 0 Å². The first-order valence-electron chi connectivity index (χ1n) is 19.6. The fourth-order valence-corrected chi connectivity index (χ4v) is 9.92. The van der Waals surface area contributed by atoms with Crippen molar-refractivity contribution in [3.05, 3.63) is 194 Å². The van der Waals surface area contributed by atoms with Gasteiger partial charge in [-0.25, -0.2) is 0 Å². The van der Waals surface area contributed by atoms with Crippen LogP contribution in [0.2, 0.25) is 0 Å². The van der Waals surface area contributed by atoms with Crippen molar-refractivity contribution in [3.63, 3.8) is 0 Å². The maximum Gasteiger partial charge on any atom is 0.136 e. The minimum Gasteiger partial charge on any atom is -0.456 e. The van der Waals surface area contributed by atoms with Gasteiger partial charge in [0, 0.05) is 43.7 Å². The number of para-hydroxylation sites is 2. The number of rotatable bonds is 4. The Morgan fingerprint density at radius 1 is 0.281 bits per heavy atom. The minimum atomic E-state index is 0.904. The largest absolute Gasteiger partial charge is 0.456 e. The fraction of sp³-hybridized carbons (Fsp3) is 0. The molecular formula is C54H32N2O. The summed E-state index contributed by atoms with van der Waals surface area (Å²) in [4.78, 5) is 0. The van der Waals surface area contributed by atoms with Gasteiger partial charge < -0.3 is 13.6 Å². The molecule has 13 rings (SSSR count). The molecule has 0 spiro atoms. The normalized spacial score (nSPS) is 12.2. The molecule has 3 heterocycles. The van der Waals surface area contributed by atoms with Gasteiger partial charge in [0.15, 0.2) is 0 Å². The number of nitrogens with zero attached hydrogens (tertiary/aromatic N) is 2. The first kappa shape index (κ1) is 30.7. The molecule has 3 nitrogen and oxygen atoms in total. The molecule has 0 atom stereocenters. The van der Waals surface area contributed by atoms with Crippen molar-refractivity contribution < 1.29 is 4.42 Å². The van der Waals surface area contributed by atoms with Gasteiger partial charge in [-0.1, -0.05) is 127 Å². The molecule has 0 aliphatic rings. The highest BCUT2D eigenvalue weighted by Gasteiger charge is 2.25. The monoisotopic (exact) mass is 724 g/mol. The van der Waals surface area contributed by atoms with Gasteiger partial charge in [0.2, 0.25) is 0 Å². The molecule has 3 heteroatoms. The third kappa shape index (κ3) is 4.20. The lowest BCUT2D eigenvalue weighted by atomic mass is 9.92. The molecule has 13 aromatic rings. The average molecular weight is 725 g/mol. The lowest BCUT2D eigenvalue weighted by molar-refractivity contribution is 0.669. The Balaban J connectivity index is 1.20. The zero-order valence-electron chi connectivity index (χ0n) is 30.8. The van der Waals surface area contributed by atoms with Crippen molar-refractivity contribution in [1.29, 1.82) is 0 Å². The molecule has 0 radical (unpaired) electrons. The van der Waals surface area contributed by atoms with Crippen LogP contribution in [0.4, 0.5) is 0 Å². The van der Waals surface area contributed by atoms with Crippen molar-refractivity contribution in [2.45, 2.75) is 0 Å². The molecule has 0 amide bonds. The van der Waals surface area contributed by atoms with Gasteiger partial charge in [-0.15, -0.1) is 0 Å². The third-order valence-corrected chi connectivity index (χ3v) is 12.2. The summed E-state index contributed by atoms with van der Waals surface area (Å²) in [5, 5.41) is 12.4. The Hall–Kier alpha value is -7.62. The SMILES string of the molecule is c1ccc(-c2cc3c4ccccc4c4cccc5c4c4c6c3c(c2)n(-c2ccccc2)c6ccc4n5-c2cccc(-c3cccc4oc5ccccc5c34)c2)cc1. The Morgan fingerprint density at radius 3 is 1.65 bits per heavy atom. The number of hydrogen-bond donors (Lipinski definition) is 0. The van der Waals surface area contributed by atoms with E-state index in [0.29, 0.717) is 0 Å². The molecule has 0 aliphatic carbocycles. The van der Waals surface area contributed by atoms with E-state index in [2.05, 4.69) is 197 Å².